The number of benzene rings is 1. The molecule has 0 aliphatic rings. The summed E-state index contributed by atoms with van der Waals surface area (Å²) in [7, 11) is 1.72. The number of aromatic amines is 1. The van der Waals surface area contributed by atoms with Gasteiger partial charge in [-0.2, -0.15) is 18.3 Å². The third kappa shape index (κ3) is 3.80. The molecule has 1 aromatic carbocycles. The summed E-state index contributed by atoms with van der Waals surface area (Å²) in [6.45, 7) is 5.61. The molecular formula is C23H21ClF3N5O. The Morgan fingerprint density at radius 3 is 2.42 bits per heavy atom. The average molecular weight is 476 g/mol. The molecule has 1 N–H and O–H groups in total. The average Bonchev–Trinajstić information content (AvgIpc) is 3.05. The van der Waals surface area contributed by atoms with E-state index >= 15 is 0 Å². The van der Waals surface area contributed by atoms with Crippen LogP contribution in [-0.4, -0.2) is 30.9 Å². The Hall–Kier alpha value is -3.20. The van der Waals surface area contributed by atoms with Gasteiger partial charge in [0.2, 0.25) is 0 Å². The van der Waals surface area contributed by atoms with Crippen molar-refractivity contribution in [3.63, 3.8) is 0 Å². The van der Waals surface area contributed by atoms with Crippen LogP contribution in [0.5, 0.6) is 0 Å². The van der Waals surface area contributed by atoms with Crippen molar-refractivity contribution in [1.82, 2.24) is 24.7 Å². The van der Waals surface area contributed by atoms with Crippen molar-refractivity contribution in [3.05, 3.63) is 62.7 Å². The van der Waals surface area contributed by atoms with Crippen molar-refractivity contribution < 1.29 is 13.2 Å². The fraction of sp³-hybridized carbons (Fsp3) is 0.304. The van der Waals surface area contributed by atoms with Gasteiger partial charge in [-0.15, -0.1) is 0 Å². The van der Waals surface area contributed by atoms with Gasteiger partial charge in [-0.05, 0) is 51.0 Å². The molecular weight excluding hydrogens is 455 g/mol. The Morgan fingerprint density at radius 2 is 1.82 bits per heavy atom. The Kier molecular flexibility index (Phi) is 5.35. The molecule has 33 heavy (non-hydrogen) atoms. The number of halogens is 4. The number of fused-ring (bicyclic) bond motifs is 1. The minimum atomic E-state index is -4.47. The number of aryl methyl sites for hydroxylation is 3. The zero-order valence-corrected chi connectivity index (χ0v) is 19.4. The molecule has 0 saturated heterocycles. The second kappa shape index (κ2) is 7.69. The van der Waals surface area contributed by atoms with Crippen LogP contribution in [0.25, 0.3) is 33.7 Å². The van der Waals surface area contributed by atoms with E-state index in [-0.39, 0.29) is 16.0 Å². The first kappa shape index (κ1) is 23.0. The SMILES string of the molecule is Cc1nc(-c2nccc3[nH]c(-c4cc(Cl)c(C(C)(C)C(F)(F)F)cc4C)cc(=O)c23)n(C)n1. The van der Waals surface area contributed by atoms with Gasteiger partial charge < -0.3 is 4.98 Å². The van der Waals surface area contributed by atoms with Crippen LogP contribution >= 0.6 is 11.6 Å². The molecule has 0 spiro atoms. The van der Waals surface area contributed by atoms with Crippen molar-refractivity contribution in [2.75, 3.05) is 0 Å². The molecule has 0 saturated carbocycles. The highest BCUT2D eigenvalue weighted by molar-refractivity contribution is 6.31. The molecule has 4 aromatic rings. The summed E-state index contributed by atoms with van der Waals surface area (Å²) in [5.41, 5.74) is -0.0244. The Morgan fingerprint density at radius 1 is 1.12 bits per heavy atom. The molecule has 0 aliphatic heterocycles. The lowest BCUT2D eigenvalue weighted by Gasteiger charge is -2.30. The summed E-state index contributed by atoms with van der Waals surface area (Å²) in [6, 6.07) is 5.94. The molecule has 3 heterocycles. The maximum atomic E-state index is 13.6. The van der Waals surface area contributed by atoms with Crippen molar-refractivity contribution in [1.29, 1.82) is 0 Å². The normalized spacial score (nSPS) is 12.5. The first-order valence-corrected chi connectivity index (χ1v) is 10.5. The maximum absolute atomic E-state index is 13.6. The predicted octanol–water partition coefficient (Wildman–Crippen LogP) is 5.50. The third-order valence-corrected chi connectivity index (χ3v) is 6.12. The van der Waals surface area contributed by atoms with Gasteiger partial charge in [0.1, 0.15) is 11.5 Å². The molecule has 0 radical (unpaired) electrons. The smallest absolute Gasteiger partial charge is 0.354 e. The highest BCUT2D eigenvalue weighted by atomic mass is 35.5. The fourth-order valence-electron chi connectivity index (χ4n) is 3.84. The lowest BCUT2D eigenvalue weighted by molar-refractivity contribution is -0.180. The fourth-order valence-corrected chi connectivity index (χ4v) is 4.24. The van der Waals surface area contributed by atoms with E-state index in [0.29, 0.717) is 45.1 Å². The lowest BCUT2D eigenvalue weighted by Crippen LogP contribution is -2.36. The van der Waals surface area contributed by atoms with Gasteiger partial charge in [0, 0.05) is 29.9 Å². The number of rotatable bonds is 3. The number of hydrogen-bond acceptors (Lipinski definition) is 4. The van der Waals surface area contributed by atoms with Gasteiger partial charge in [0.05, 0.1) is 22.0 Å². The summed E-state index contributed by atoms with van der Waals surface area (Å²) in [5.74, 6) is 1.00. The first-order valence-electron chi connectivity index (χ1n) is 10.1. The number of nitrogens with one attached hydrogen (secondary N) is 1. The quantitative estimate of drug-likeness (QED) is 0.424. The summed E-state index contributed by atoms with van der Waals surface area (Å²) >= 11 is 6.30. The number of H-pyrrole nitrogens is 1. The summed E-state index contributed by atoms with van der Waals surface area (Å²) in [6.07, 6.45) is -2.92. The van der Waals surface area contributed by atoms with Crippen LogP contribution in [0.1, 0.15) is 30.8 Å². The highest BCUT2D eigenvalue weighted by Crippen LogP contribution is 2.44. The van der Waals surface area contributed by atoms with Gasteiger partial charge in [0.15, 0.2) is 11.3 Å². The number of aromatic nitrogens is 5. The molecule has 3 aromatic heterocycles. The Labute approximate surface area is 192 Å². The van der Waals surface area contributed by atoms with E-state index in [1.165, 1.54) is 18.2 Å². The van der Waals surface area contributed by atoms with Crippen LogP contribution in [-0.2, 0) is 12.5 Å². The molecule has 0 atom stereocenters. The van der Waals surface area contributed by atoms with E-state index in [1.807, 2.05) is 0 Å². The summed E-state index contributed by atoms with van der Waals surface area (Å²) < 4.78 is 42.2. The monoisotopic (exact) mass is 475 g/mol. The van der Waals surface area contributed by atoms with Gasteiger partial charge >= 0.3 is 6.18 Å². The lowest BCUT2D eigenvalue weighted by atomic mass is 9.82. The number of hydrogen-bond donors (Lipinski definition) is 1. The van der Waals surface area contributed by atoms with Crippen LogP contribution in [0.4, 0.5) is 13.2 Å². The van der Waals surface area contributed by atoms with Gasteiger partial charge in [-0.1, -0.05) is 17.7 Å². The van der Waals surface area contributed by atoms with Gasteiger partial charge in [-0.25, -0.2) is 9.67 Å². The molecule has 6 nitrogen and oxygen atoms in total. The van der Waals surface area contributed by atoms with E-state index in [0.717, 1.165) is 13.8 Å². The predicted molar refractivity (Wildman–Crippen MR) is 121 cm³/mol. The van der Waals surface area contributed by atoms with Gasteiger partial charge in [0.25, 0.3) is 0 Å². The van der Waals surface area contributed by atoms with Crippen LogP contribution < -0.4 is 5.43 Å². The number of alkyl halides is 3. The van der Waals surface area contributed by atoms with Crippen molar-refractivity contribution in [3.8, 4) is 22.8 Å². The van der Waals surface area contributed by atoms with Gasteiger partial charge in [-0.3, -0.25) is 9.78 Å². The van der Waals surface area contributed by atoms with Crippen LogP contribution in [0, 0.1) is 13.8 Å². The van der Waals surface area contributed by atoms with E-state index in [9.17, 15) is 18.0 Å². The third-order valence-electron chi connectivity index (χ3n) is 5.81. The minimum Gasteiger partial charge on any atom is -0.354 e. The van der Waals surface area contributed by atoms with E-state index < -0.39 is 11.6 Å². The molecule has 10 heteroatoms. The molecule has 0 aliphatic carbocycles. The van der Waals surface area contributed by atoms with E-state index in [4.69, 9.17) is 11.6 Å². The highest BCUT2D eigenvalue weighted by Gasteiger charge is 2.49. The second-order valence-electron chi connectivity index (χ2n) is 8.51. The molecule has 172 valence electrons. The summed E-state index contributed by atoms with van der Waals surface area (Å²) in [4.78, 5) is 25.0. The maximum Gasteiger partial charge on any atom is 0.397 e. The van der Waals surface area contributed by atoms with E-state index in [1.54, 1.807) is 37.8 Å². The largest absolute Gasteiger partial charge is 0.397 e. The Balaban J connectivity index is 1.90. The molecule has 4 rings (SSSR count). The second-order valence-corrected chi connectivity index (χ2v) is 8.91. The molecule has 0 fully saturated rings. The zero-order valence-electron chi connectivity index (χ0n) is 18.6. The van der Waals surface area contributed by atoms with E-state index in [2.05, 4.69) is 20.1 Å². The van der Waals surface area contributed by atoms with Crippen LogP contribution in [0.3, 0.4) is 0 Å². The van der Waals surface area contributed by atoms with Crippen molar-refractivity contribution >= 4 is 22.5 Å². The van der Waals surface area contributed by atoms with Crippen LogP contribution in [0.2, 0.25) is 5.02 Å². The van der Waals surface area contributed by atoms with Crippen molar-refractivity contribution in [2.45, 2.75) is 39.3 Å². The topological polar surface area (TPSA) is 76.5 Å². The summed E-state index contributed by atoms with van der Waals surface area (Å²) in [5, 5.41) is 4.53. The number of nitrogens with zero attached hydrogens (tertiary/aromatic N) is 4. The first-order chi connectivity index (χ1) is 15.3. The molecule has 0 unspecified atom stereocenters. The number of pyridine rings is 2. The Bertz CT molecular complexity index is 1450. The van der Waals surface area contributed by atoms with Crippen LogP contribution in [0.15, 0.2) is 35.3 Å². The van der Waals surface area contributed by atoms with Crippen molar-refractivity contribution in [2.24, 2.45) is 7.05 Å². The molecule has 0 bridgehead atoms. The molecule has 0 amide bonds. The standard InChI is InChI=1S/C23H21ClF3N5O/c1-11-8-14(22(3,4)23(25,26)27)15(24)9-13(11)17-10-18(33)19-16(30-17)6-7-28-20(19)21-29-12(2)31-32(21)5/h6-10H,1-5H3,(H,30,33). The minimum absolute atomic E-state index is 0.0230. The zero-order chi connectivity index (χ0) is 24.3.